The standard InChI is InChI=1S/C17H28N2O/c1-4-10-18-17(16-8-6-5-7-9-16)15(3)19-11-12-20-13-14(19)2/h5-9,14-15,17-18H,4,10-13H2,1-3H3. The smallest absolute Gasteiger partial charge is 0.0619 e. The Kier molecular flexibility index (Phi) is 6.02. The van der Waals surface area contributed by atoms with Gasteiger partial charge in [0, 0.05) is 24.7 Å². The number of ether oxygens (including phenoxy) is 1. The maximum atomic E-state index is 5.57. The maximum absolute atomic E-state index is 5.57. The van der Waals surface area contributed by atoms with Gasteiger partial charge in [-0.05, 0) is 32.4 Å². The predicted octanol–water partition coefficient (Wildman–Crippen LogP) is 2.84. The van der Waals surface area contributed by atoms with Gasteiger partial charge in [-0.1, -0.05) is 37.3 Å². The Bertz CT molecular complexity index is 382. The second kappa shape index (κ2) is 7.77. The van der Waals surface area contributed by atoms with Crippen molar-refractivity contribution in [2.75, 3.05) is 26.3 Å². The van der Waals surface area contributed by atoms with Gasteiger partial charge in [-0.15, -0.1) is 0 Å². The molecular weight excluding hydrogens is 248 g/mol. The summed E-state index contributed by atoms with van der Waals surface area (Å²) in [6.07, 6.45) is 1.16. The van der Waals surface area contributed by atoms with Gasteiger partial charge >= 0.3 is 0 Å². The fraction of sp³-hybridized carbons (Fsp3) is 0.647. The molecule has 1 aromatic carbocycles. The fourth-order valence-electron chi connectivity index (χ4n) is 3.06. The van der Waals surface area contributed by atoms with E-state index in [1.165, 1.54) is 5.56 Å². The average molecular weight is 276 g/mol. The molecule has 2 rings (SSSR count). The van der Waals surface area contributed by atoms with Crippen LogP contribution in [0.4, 0.5) is 0 Å². The molecule has 1 aliphatic heterocycles. The normalized spacial score (nSPS) is 23.4. The highest BCUT2D eigenvalue weighted by atomic mass is 16.5. The van der Waals surface area contributed by atoms with Crippen LogP contribution in [0.15, 0.2) is 30.3 Å². The number of benzene rings is 1. The predicted molar refractivity (Wildman–Crippen MR) is 83.9 cm³/mol. The first-order valence-corrected chi connectivity index (χ1v) is 7.85. The minimum atomic E-state index is 0.386. The van der Waals surface area contributed by atoms with Gasteiger partial charge in [0.25, 0.3) is 0 Å². The second-order valence-electron chi connectivity index (χ2n) is 5.74. The summed E-state index contributed by atoms with van der Waals surface area (Å²) < 4.78 is 5.57. The van der Waals surface area contributed by atoms with Crippen LogP contribution in [0.2, 0.25) is 0 Å². The first-order valence-electron chi connectivity index (χ1n) is 7.85. The second-order valence-corrected chi connectivity index (χ2v) is 5.74. The Morgan fingerprint density at radius 3 is 2.75 bits per heavy atom. The first kappa shape index (κ1) is 15.5. The summed E-state index contributed by atoms with van der Waals surface area (Å²) in [6.45, 7) is 10.6. The van der Waals surface area contributed by atoms with Crippen molar-refractivity contribution in [2.45, 2.75) is 45.3 Å². The maximum Gasteiger partial charge on any atom is 0.0619 e. The topological polar surface area (TPSA) is 24.5 Å². The summed E-state index contributed by atoms with van der Waals surface area (Å²) in [6, 6.07) is 12.2. The van der Waals surface area contributed by atoms with E-state index < -0.39 is 0 Å². The van der Waals surface area contributed by atoms with E-state index in [2.05, 4.69) is 61.3 Å². The zero-order valence-corrected chi connectivity index (χ0v) is 13.0. The number of hydrogen-bond donors (Lipinski definition) is 1. The van der Waals surface area contributed by atoms with Crippen molar-refractivity contribution in [1.82, 2.24) is 10.2 Å². The quantitative estimate of drug-likeness (QED) is 0.864. The molecule has 1 aliphatic rings. The molecule has 0 amide bonds. The van der Waals surface area contributed by atoms with E-state index in [1.807, 2.05) is 0 Å². The van der Waals surface area contributed by atoms with Gasteiger partial charge in [0.1, 0.15) is 0 Å². The SMILES string of the molecule is CCCNC(c1ccccc1)C(C)N1CCOCC1C. The third kappa shape index (κ3) is 3.81. The van der Waals surface area contributed by atoms with Crippen molar-refractivity contribution in [3.05, 3.63) is 35.9 Å². The summed E-state index contributed by atoms with van der Waals surface area (Å²) in [5.74, 6) is 0. The van der Waals surface area contributed by atoms with E-state index >= 15 is 0 Å². The van der Waals surface area contributed by atoms with E-state index in [-0.39, 0.29) is 0 Å². The summed E-state index contributed by atoms with van der Waals surface area (Å²) in [5, 5.41) is 3.72. The Labute approximate surface area is 123 Å². The molecule has 112 valence electrons. The lowest BCUT2D eigenvalue weighted by Gasteiger charge is -2.41. The summed E-state index contributed by atoms with van der Waals surface area (Å²) >= 11 is 0. The molecule has 1 aromatic rings. The molecule has 0 saturated carbocycles. The van der Waals surface area contributed by atoms with Gasteiger partial charge in [0.2, 0.25) is 0 Å². The van der Waals surface area contributed by atoms with Crippen molar-refractivity contribution in [3.63, 3.8) is 0 Å². The monoisotopic (exact) mass is 276 g/mol. The van der Waals surface area contributed by atoms with Crippen molar-refractivity contribution >= 4 is 0 Å². The average Bonchev–Trinajstić information content (AvgIpc) is 2.49. The van der Waals surface area contributed by atoms with Gasteiger partial charge in [-0.3, -0.25) is 4.90 Å². The molecule has 1 N–H and O–H groups in total. The largest absolute Gasteiger partial charge is 0.379 e. The molecular formula is C17H28N2O. The molecule has 3 nitrogen and oxygen atoms in total. The first-order chi connectivity index (χ1) is 9.74. The molecule has 3 heteroatoms. The van der Waals surface area contributed by atoms with Crippen LogP contribution in [0.1, 0.15) is 38.8 Å². The molecule has 0 bridgehead atoms. The van der Waals surface area contributed by atoms with Gasteiger partial charge in [-0.2, -0.15) is 0 Å². The van der Waals surface area contributed by atoms with Crippen LogP contribution >= 0.6 is 0 Å². The van der Waals surface area contributed by atoms with Gasteiger partial charge in [-0.25, -0.2) is 0 Å². The van der Waals surface area contributed by atoms with Gasteiger partial charge < -0.3 is 10.1 Å². The molecule has 3 unspecified atom stereocenters. The highest BCUT2D eigenvalue weighted by molar-refractivity contribution is 5.20. The zero-order valence-electron chi connectivity index (χ0n) is 13.0. The summed E-state index contributed by atoms with van der Waals surface area (Å²) in [5.41, 5.74) is 1.38. The van der Waals surface area contributed by atoms with Crippen LogP contribution < -0.4 is 5.32 Å². The zero-order chi connectivity index (χ0) is 14.4. The van der Waals surface area contributed by atoms with Crippen LogP contribution in [0.5, 0.6) is 0 Å². The van der Waals surface area contributed by atoms with Crippen molar-refractivity contribution in [3.8, 4) is 0 Å². The Morgan fingerprint density at radius 1 is 1.35 bits per heavy atom. The van der Waals surface area contributed by atoms with E-state index in [4.69, 9.17) is 4.74 Å². The van der Waals surface area contributed by atoms with Crippen LogP contribution in [0.25, 0.3) is 0 Å². The lowest BCUT2D eigenvalue weighted by atomic mass is 9.97. The van der Waals surface area contributed by atoms with Crippen LogP contribution in [0.3, 0.4) is 0 Å². The summed E-state index contributed by atoms with van der Waals surface area (Å²) in [4.78, 5) is 2.57. The van der Waals surface area contributed by atoms with E-state index in [1.54, 1.807) is 0 Å². The Balaban J connectivity index is 2.12. The Hall–Kier alpha value is -0.900. The highest BCUT2D eigenvalue weighted by Crippen LogP contribution is 2.24. The minimum absolute atomic E-state index is 0.386. The molecule has 0 spiro atoms. The fourth-order valence-corrected chi connectivity index (χ4v) is 3.06. The third-order valence-electron chi connectivity index (χ3n) is 4.20. The third-order valence-corrected chi connectivity index (χ3v) is 4.20. The van der Waals surface area contributed by atoms with Crippen molar-refractivity contribution in [2.24, 2.45) is 0 Å². The molecule has 20 heavy (non-hydrogen) atoms. The van der Waals surface area contributed by atoms with Crippen LogP contribution in [0, 0.1) is 0 Å². The van der Waals surface area contributed by atoms with E-state index in [0.29, 0.717) is 18.1 Å². The van der Waals surface area contributed by atoms with Gasteiger partial charge in [0.15, 0.2) is 0 Å². The number of morpholine rings is 1. The molecule has 1 heterocycles. The van der Waals surface area contributed by atoms with Crippen molar-refractivity contribution in [1.29, 1.82) is 0 Å². The number of hydrogen-bond acceptors (Lipinski definition) is 3. The molecule has 3 atom stereocenters. The lowest BCUT2D eigenvalue weighted by molar-refractivity contribution is -0.0259. The van der Waals surface area contributed by atoms with E-state index in [0.717, 1.165) is 32.7 Å². The highest BCUT2D eigenvalue weighted by Gasteiger charge is 2.29. The molecule has 0 aliphatic carbocycles. The lowest BCUT2D eigenvalue weighted by Crippen LogP contribution is -2.52. The molecule has 0 aromatic heterocycles. The molecule has 0 radical (unpaired) electrons. The number of nitrogens with one attached hydrogen (secondary N) is 1. The number of nitrogens with zero attached hydrogens (tertiary/aromatic N) is 1. The van der Waals surface area contributed by atoms with Crippen LogP contribution in [-0.4, -0.2) is 43.3 Å². The summed E-state index contributed by atoms with van der Waals surface area (Å²) in [7, 11) is 0. The molecule has 1 saturated heterocycles. The minimum Gasteiger partial charge on any atom is -0.379 e. The van der Waals surface area contributed by atoms with Crippen molar-refractivity contribution < 1.29 is 4.74 Å². The Morgan fingerprint density at radius 2 is 2.10 bits per heavy atom. The van der Waals surface area contributed by atoms with Crippen LogP contribution in [-0.2, 0) is 4.74 Å². The number of rotatable bonds is 6. The van der Waals surface area contributed by atoms with E-state index in [9.17, 15) is 0 Å². The molecule has 1 fully saturated rings. The van der Waals surface area contributed by atoms with Gasteiger partial charge in [0.05, 0.1) is 13.2 Å².